The van der Waals surface area contributed by atoms with Gasteiger partial charge < -0.3 is 5.73 Å². The Labute approximate surface area is 109 Å². The van der Waals surface area contributed by atoms with Crippen molar-refractivity contribution in [3.05, 3.63) is 69.9 Å². The highest BCUT2D eigenvalue weighted by atomic mass is 79.9. The van der Waals surface area contributed by atoms with E-state index < -0.39 is 0 Å². The highest BCUT2D eigenvalue weighted by Gasteiger charge is 2.07. The molecule has 1 atom stereocenters. The summed E-state index contributed by atoms with van der Waals surface area (Å²) in [6.07, 6.45) is 0.638. The minimum atomic E-state index is -0.217. The normalized spacial score (nSPS) is 12.4. The largest absolute Gasteiger partial charge is 0.324 e. The molecule has 0 saturated carbocycles. The Morgan fingerprint density at radius 2 is 1.82 bits per heavy atom. The van der Waals surface area contributed by atoms with Crippen LogP contribution in [0.25, 0.3) is 0 Å². The van der Waals surface area contributed by atoms with Gasteiger partial charge in [0.05, 0.1) is 0 Å². The third-order valence-electron chi connectivity index (χ3n) is 2.64. The maximum absolute atomic E-state index is 13.0. The van der Waals surface area contributed by atoms with Crippen LogP contribution in [0.5, 0.6) is 0 Å². The van der Waals surface area contributed by atoms with Gasteiger partial charge in [0.2, 0.25) is 0 Å². The Morgan fingerprint density at radius 1 is 1.12 bits per heavy atom. The molecule has 2 rings (SSSR count). The van der Waals surface area contributed by atoms with Crippen molar-refractivity contribution in [2.75, 3.05) is 0 Å². The summed E-state index contributed by atoms with van der Waals surface area (Å²) in [7, 11) is 0. The van der Waals surface area contributed by atoms with Gasteiger partial charge in [-0.15, -0.1) is 0 Å². The molecule has 0 aliphatic carbocycles. The summed E-state index contributed by atoms with van der Waals surface area (Å²) in [5.74, 6) is -0.217. The Kier molecular flexibility index (Phi) is 3.92. The van der Waals surface area contributed by atoms with Crippen LogP contribution in [0.15, 0.2) is 53.0 Å². The van der Waals surface area contributed by atoms with E-state index in [1.807, 2.05) is 30.3 Å². The second-order valence-electron chi connectivity index (χ2n) is 3.99. The van der Waals surface area contributed by atoms with Gasteiger partial charge in [-0.1, -0.05) is 40.2 Å². The fourth-order valence-corrected chi connectivity index (χ4v) is 2.01. The number of nitrogens with two attached hydrogens (primary N) is 1. The number of hydrogen-bond acceptors (Lipinski definition) is 1. The topological polar surface area (TPSA) is 26.0 Å². The summed E-state index contributed by atoms with van der Waals surface area (Å²) in [6.45, 7) is 0. The molecule has 17 heavy (non-hydrogen) atoms. The highest BCUT2D eigenvalue weighted by molar-refractivity contribution is 9.10. The van der Waals surface area contributed by atoms with Gasteiger partial charge in [-0.2, -0.15) is 0 Å². The van der Waals surface area contributed by atoms with Gasteiger partial charge in [0.15, 0.2) is 0 Å². The Bertz CT molecular complexity index is 496. The summed E-state index contributed by atoms with van der Waals surface area (Å²) in [6, 6.07) is 14.3. The molecular formula is C14H13BrFN. The van der Waals surface area contributed by atoms with Gasteiger partial charge in [0.25, 0.3) is 0 Å². The van der Waals surface area contributed by atoms with E-state index in [2.05, 4.69) is 15.9 Å². The molecular weight excluding hydrogens is 281 g/mol. The molecule has 0 aliphatic heterocycles. The second-order valence-corrected chi connectivity index (χ2v) is 4.91. The minimum Gasteiger partial charge on any atom is -0.324 e. The monoisotopic (exact) mass is 293 g/mol. The lowest BCUT2D eigenvalue weighted by Gasteiger charge is -2.12. The predicted octanol–water partition coefficient (Wildman–Crippen LogP) is 3.83. The summed E-state index contributed by atoms with van der Waals surface area (Å²) >= 11 is 3.38. The van der Waals surface area contributed by atoms with Gasteiger partial charge in [-0.25, -0.2) is 4.39 Å². The fraction of sp³-hybridized carbons (Fsp3) is 0.143. The number of halogens is 2. The van der Waals surface area contributed by atoms with Gasteiger partial charge >= 0.3 is 0 Å². The number of hydrogen-bond donors (Lipinski definition) is 1. The molecule has 0 bridgehead atoms. The zero-order valence-corrected chi connectivity index (χ0v) is 10.8. The van der Waals surface area contributed by atoms with E-state index in [-0.39, 0.29) is 11.9 Å². The summed E-state index contributed by atoms with van der Waals surface area (Å²) < 4.78 is 14.1. The van der Waals surface area contributed by atoms with Crippen LogP contribution in [0.4, 0.5) is 4.39 Å². The third kappa shape index (κ3) is 3.38. The summed E-state index contributed by atoms with van der Waals surface area (Å²) in [5, 5.41) is 0. The van der Waals surface area contributed by atoms with Crippen molar-refractivity contribution >= 4 is 15.9 Å². The summed E-state index contributed by atoms with van der Waals surface area (Å²) in [4.78, 5) is 0. The van der Waals surface area contributed by atoms with E-state index in [1.54, 1.807) is 6.07 Å². The minimum absolute atomic E-state index is 0.107. The molecule has 0 fully saturated rings. The van der Waals surface area contributed by atoms with Crippen LogP contribution in [0.3, 0.4) is 0 Å². The highest BCUT2D eigenvalue weighted by Crippen LogP contribution is 2.19. The second kappa shape index (κ2) is 5.43. The average Bonchev–Trinajstić information content (AvgIpc) is 2.29. The fourth-order valence-electron chi connectivity index (χ4n) is 1.75. The van der Waals surface area contributed by atoms with Crippen molar-refractivity contribution in [1.82, 2.24) is 0 Å². The maximum atomic E-state index is 13.0. The van der Waals surface area contributed by atoms with Crippen LogP contribution in [0, 0.1) is 5.82 Å². The average molecular weight is 294 g/mol. The number of rotatable bonds is 3. The van der Waals surface area contributed by atoms with Crippen LogP contribution in [-0.2, 0) is 6.42 Å². The van der Waals surface area contributed by atoms with Crippen molar-refractivity contribution in [3.63, 3.8) is 0 Å². The number of benzene rings is 2. The lowest BCUT2D eigenvalue weighted by molar-refractivity contribution is 0.622. The zero-order valence-electron chi connectivity index (χ0n) is 9.24. The van der Waals surface area contributed by atoms with E-state index in [1.165, 1.54) is 12.1 Å². The molecule has 0 heterocycles. The van der Waals surface area contributed by atoms with Crippen molar-refractivity contribution in [1.29, 1.82) is 0 Å². The quantitative estimate of drug-likeness (QED) is 0.914. The standard InChI is InChI=1S/C14H13BrFN/c15-12-6-4-11(5-7-12)14(17)9-10-2-1-3-13(16)8-10/h1-8,14H,9,17H2. The smallest absolute Gasteiger partial charge is 0.123 e. The van der Waals surface area contributed by atoms with E-state index in [9.17, 15) is 4.39 Å². The van der Waals surface area contributed by atoms with Crippen LogP contribution < -0.4 is 5.73 Å². The van der Waals surface area contributed by atoms with Crippen molar-refractivity contribution in [3.8, 4) is 0 Å². The first kappa shape index (κ1) is 12.3. The van der Waals surface area contributed by atoms with Crippen LogP contribution >= 0.6 is 15.9 Å². The van der Waals surface area contributed by atoms with Crippen molar-refractivity contribution < 1.29 is 4.39 Å². The van der Waals surface area contributed by atoms with E-state index in [0.29, 0.717) is 6.42 Å². The molecule has 1 nitrogen and oxygen atoms in total. The SMILES string of the molecule is NC(Cc1cccc(F)c1)c1ccc(Br)cc1. The predicted molar refractivity (Wildman–Crippen MR) is 71.2 cm³/mol. The first-order chi connectivity index (χ1) is 8.15. The van der Waals surface area contributed by atoms with Crippen molar-refractivity contribution in [2.45, 2.75) is 12.5 Å². The molecule has 0 spiro atoms. The molecule has 88 valence electrons. The molecule has 2 aromatic carbocycles. The molecule has 2 aromatic rings. The van der Waals surface area contributed by atoms with Crippen LogP contribution in [0.1, 0.15) is 17.2 Å². The maximum Gasteiger partial charge on any atom is 0.123 e. The van der Waals surface area contributed by atoms with E-state index >= 15 is 0 Å². The van der Waals surface area contributed by atoms with Crippen LogP contribution in [-0.4, -0.2) is 0 Å². The Morgan fingerprint density at radius 3 is 2.47 bits per heavy atom. The molecule has 1 unspecified atom stereocenters. The molecule has 0 aromatic heterocycles. The van der Waals surface area contributed by atoms with Gasteiger partial charge in [0.1, 0.15) is 5.82 Å². The van der Waals surface area contributed by atoms with Gasteiger partial charge in [-0.3, -0.25) is 0 Å². The lowest BCUT2D eigenvalue weighted by atomic mass is 10.00. The Hall–Kier alpha value is -1.19. The van der Waals surface area contributed by atoms with E-state index in [0.717, 1.165) is 15.6 Å². The lowest BCUT2D eigenvalue weighted by Crippen LogP contribution is -2.13. The van der Waals surface area contributed by atoms with Gasteiger partial charge in [0, 0.05) is 10.5 Å². The first-order valence-corrected chi connectivity index (χ1v) is 6.20. The zero-order chi connectivity index (χ0) is 12.3. The van der Waals surface area contributed by atoms with Crippen LogP contribution in [0.2, 0.25) is 0 Å². The molecule has 2 N–H and O–H groups in total. The first-order valence-electron chi connectivity index (χ1n) is 5.40. The summed E-state index contributed by atoms with van der Waals surface area (Å²) in [5.41, 5.74) is 8.06. The Balaban J connectivity index is 2.11. The molecule has 0 radical (unpaired) electrons. The van der Waals surface area contributed by atoms with Gasteiger partial charge in [-0.05, 0) is 41.8 Å². The molecule has 0 aliphatic rings. The molecule has 0 amide bonds. The van der Waals surface area contributed by atoms with E-state index in [4.69, 9.17) is 5.73 Å². The van der Waals surface area contributed by atoms with Crippen molar-refractivity contribution in [2.24, 2.45) is 5.73 Å². The molecule has 3 heteroatoms. The molecule has 0 saturated heterocycles. The third-order valence-corrected chi connectivity index (χ3v) is 3.17.